The van der Waals surface area contributed by atoms with E-state index < -0.39 is 111 Å². The average Bonchev–Trinajstić information content (AvgIpc) is 2.83. The van der Waals surface area contributed by atoms with Gasteiger partial charge in [-0.2, -0.15) is 0 Å². The Morgan fingerprint density at radius 3 is 1.29 bits per heavy atom. The number of hydrogen-bond donors (Lipinski definition) is 14. The van der Waals surface area contributed by atoms with E-state index >= 15 is 0 Å². The molecule has 14 atom stereocenters. The van der Waals surface area contributed by atoms with Gasteiger partial charge in [0.05, 0.1) is 19.8 Å². The first kappa shape index (κ1) is 29.6. The summed E-state index contributed by atoms with van der Waals surface area (Å²) in [7, 11) is 0. The summed E-state index contributed by atoms with van der Waals surface area (Å²) in [5.74, 6) is 0. The summed E-state index contributed by atoms with van der Waals surface area (Å²) >= 11 is 0. The van der Waals surface area contributed by atoms with E-state index in [1.165, 1.54) is 0 Å². The highest BCUT2D eigenvalue weighted by Crippen LogP contribution is 2.40. The van der Waals surface area contributed by atoms with Crippen molar-refractivity contribution in [1.82, 2.24) is 0 Å². The Bertz CT molecular complexity index is 599. The van der Waals surface area contributed by atoms with Gasteiger partial charge in [0.1, 0.15) is 85.5 Å². The second kappa shape index (κ2) is 11.6. The molecular formula is C18H34O16. The Labute approximate surface area is 192 Å². The van der Waals surface area contributed by atoms with Gasteiger partial charge in [0.2, 0.25) is 0 Å². The van der Waals surface area contributed by atoms with Crippen molar-refractivity contribution in [2.75, 3.05) is 19.8 Å². The topological polar surface area (TPSA) is 302 Å². The first-order valence-corrected chi connectivity index (χ1v) is 10.5. The zero-order chi connectivity index (χ0) is 26.1. The van der Waals surface area contributed by atoms with E-state index in [1.807, 2.05) is 0 Å². The van der Waals surface area contributed by atoms with Crippen LogP contribution in [0.2, 0.25) is 0 Å². The molecule has 14 N–H and O–H groups in total. The molecule has 2 aliphatic rings. The van der Waals surface area contributed by atoms with Gasteiger partial charge in [-0.25, -0.2) is 0 Å². The molecule has 0 saturated carbocycles. The lowest BCUT2D eigenvalue weighted by Crippen LogP contribution is -2.78. The summed E-state index contributed by atoms with van der Waals surface area (Å²) < 4.78 is 10.5. The van der Waals surface area contributed by atoms with Crippen LogP contribution in [0.5, 0.6) is 0 Å². The number of aliphatic hydroxyl groups excluding tert-OH is 13. The number of aliphatic hydroxyl groups is 14. The molecule has 16 nitrogen and oxygen atoms in total. The summed E-state index contributed by atoms with van der Waals surface area (Å²) in [4.78, 5) is 0. The molecule has 2 unspecified atom stereocenters. The third kappa shape index (κ3) is 5.09. The van der Waals surface area contributed by atoms with Crippen LogP contribution in [0.3, 0.4) is 0 Å². The third-order valence-corrected chi connectivity index (χ3v) is 6.42. The first-order valence-electron chi connectivity index (χ1n) is 10.5. The minimum atomic E-state index is -3.34. The van der Waals surface area contributed by atoms with E-state index in [0.29, 0.717) is 0 Å². The Kier molecular flexibility index (Phi) is 10.1. The van der Waals surface area contributed by atoms with Crippen LogP contribution >= 0.6 is 0 Å². The van der Waals surface area contributed by atoms with Crippen LogP contribution in [0, 0.1) is 0 Å². The quantitative estimate of drug-likeness (QED) is 0.138. The van der Waals surface area contributed by atoms with Crippen molar-refractivity contribution in [2.45, 2.75) is 91.1 Å². The lowest BCUT2D eigenvalue weighted by atomic mass is 9.72. The second-order valence-corrected chi connectivity index (χ2v) is 8.56. The summed E-state index contributed by atoms with van der Waals surface area (Å²) in [6, 6.07) is 0. The highest BCUT2D eigenvalue weighted by molar-refractivity contribution is 5.14. The van der Waals surface area contributed by atoms with E-state index in [2.05, 4.69) is 0 Å². The number of rotatable bonds is 9. The Balaban J connectivity index is 2.60. The molecule has 2 saturated heterocycles. The fourth-order valence-electron chi connectivity index (χ4n) is 4.26. The standard InChI is InChI=1S/C18H34O16/c19-1-4(22)7(23)12(28)15(31)18(32,16-13(29)10(26)8(24)5(2-20)33-16)17-14(30)11(27)9(25)6(3-21)34-17/h4-17,19-32H,1-3H2/t4-,5-,6-,7-,8-,9-,10+,11+,12+,13-,14-,15+,16?,17?,18?/m1/s1. The van der Waals surface area contributed by atoms with Gasteiger partial charge in [-0.1, -0.05) is 0 Å². The maximum Gasteiger partial charge on any atom is 0.150 e. The summed E-state index contributed by atoms with van der Waals surface area (Å²) in [5.41, 5.74) is -3.34. The van der Waals surface area contributed by atoms with E-state index in [9.17, 15) is 66.4 Å². The van der Waals surface area contributed by atoms with Crippen LogP contribution in [-0.2, 0) is 9.47 Å². The van der Waals surface area contributed by atoms with E-state index in [0.717, 1.165) is 0 Å². The normalized spacial score (nSPS) is 44.6. The number of hydrogen-bond acceptors (Lipinski definition) is 16. The van der Waals surface area contributed by atoms with Crippen molar-refractivity contribution in [2.24, 2.45) is 0 Å². The highest BCUT2D eigenvalue weighted by Gasteiger charge is 2.65. The van der Waals surface area contributed by atoms with Gasteiger partial charge in [0.15, 0.2) is 5.60 Å². The molecule has 0 aromatic rings. The van der Waals surface area contributed by atoms with Crippen molar-refractivity contribution < 1.29 is 81.0 Å². The minimum Gasteiger partial charge on any atom is -0.394 e. The van der Waals surface area contributed by atoms with Crippen molar-refractivity contribution in [3.05, 3.63) is 0 Å². The molecule has 0 amide bonds. The van der Waals surface area contributed by atoms with E-state index in [1.54, 1.807) is 0 Å². The molecular weight excluding hydrogens is 472 g/mol. The molecule has 202 valence electrons. The molecule has 34 heavy (non-hydrogen) atoms. The molecule has 2 fully saturated rings. The van der Waals surface area contributed by atoms with Gasteiger partial charge in [0.25, 0.3) is 0 Å². The SMILES string of the molecule is OC[C@@H](O)[C@@H](O)[C@H](O)[C@H](O)C(O)(C1O[C@H](CO)[C@@H](O)[C@H](O)[C@H]1O)C1O[C@H](CO)[C@@H](O)[C@H](O)[C@H]1O. The van der Waals surface area contributed by atoms with Crippen LogP contribution in [0.1, 0.15) is 0 Å². The predicted octanol–water partition coefficient (Wildman–Crippen LogP) is -9.16. The van der Waals surface area contributed by atoms with Crippen molar-refractivity contribution >= 4 is 0 Å². The van der Waals surface area contributed by atoms with Crippen LogP contribution in [0.25, 0.3) is 0 Å². The fraction of sp³-hybridized carbons (Fsp3) is 1.00. The van der Waals surface area contributed by atoms with Gasteiger partial charge in [0, 0.05) is 0 Å². The van der Waals surface area contributed by atoms with Crippen LogP contribution < -0.4 is 0 Å². The van der Waals surface area contributed by atoms with Gasteiger partial charge in [-0.15, -0.1) is 0 Å². The summed E-state index contributed by atoms with van der Waals surface area (Å²) in [5, 5.41) is 142. The smallest absolute Gasteiger partial charge is 0.150 e. The first-order chi connectivity index (χ1) is 15.8. The molecule has 2 rings (SSSR count). The van der Waals surface area contributed by atoms with Gasteiger partial charge >= 0.3 is 0 Å². The second-order valence-electron chi connectivity index (χ2n) is 8.56. The Morgan fingerprint density at radius 2 is 0.971 bits per heavy atom. The summed E-state index contributed by atoms with van der Waals surface area (Å²) in [6.07, 6.45) is -30.5. The van der Waals surface area contributed by atoms with E-state index in [4.69, 9.17) is 14.6 Å². The molecule has 0 bridgehead atoms. The van der Waals surface area contributed by atoms with Crippen LogP contribution in [0.4, 0.5) is 0 Å². The molecule has 16 heteroatoms. The lowest BCUT2D eigenvalue weighted by molar-refractivity contribution is -0.348. The molecule has 2 aliphatic heterocycles. The maximum atomic E-state index is 11.6. The van der Waals surface area contributed by atoms with Crippen molar-refractivity contribution in [1.29, 1.82) is 0 Å². The maximum absolute atomic E-state index is 11.6. The minimum absolute atomic E-state index is 0.989. The molecule has 2 heterocycles. The van der Waals surface area contributed by atoms with E-state index in [-0.39, 0.29) is 0 Å². The number of ether oxygens (including phenoxy) is 2. The molecule has 0 aromatic carbocycles. The van der Waals surface area contributed by atoms with Crippen LogP contribution in [0.15, 0.2) is 0 Å². The lowest BCUT2D eigenvalue weighted by Gasteiger charge is -2.55. The molecule has 0 aliphatic carbocycles. The van der Waals surface area contributed by atoms with Gasteiger partial charge < -0.3 is 81.0 Å². The average molecular weight is 506 g/mol. The van der Waals surface area contributed by atoms with Gasteiger partial charge in [-0.3, -0.25) is 0 Å². The largest absolute Gasteiger partial charge is 0.394 e. The Hall–Kier alpha value is -0.640. The summed E-state index contributed by atoms with van der Waals surface area (Å²) in [6.45, 7) is -3.09. The molecule has 0 radical (unpaired) electrons. The van der Waals surface area contributed by atoms with Gasteiger partial charge in [-0.05, 0) is 0 Å². The fourth-order valence-corrected chi connectivity index (χ4v) is 4.26. The third-order valence-electron chi connectivity index (χ3n) is 6.42. The Morgan fingerprint density at radius 1 is 0.588 bits per heavy atom. The zero-order valence-corrected chi connectivity index (χ0v) is 17.8. The molecule has 0 aromatic heterocycles. The van der Waals surface area contributed by atoms with Crippen molar-refractivity contribution in [3.63, 3.8) is 0 Å². The predicted molar refractivity (Wildman–Crippen MR) is 104 cm³/mol. The highest BCUT2D eigenvalue weighted by atomic mass is 16.6. The monoisotopic (exact) mass is 506 g/mol. The van der Waals surface area contributed by atoms with Crippen molar-refractivity contribution in [3.8, 4) is 0 Å². The molecule has 0 spiro atoms. The van der Waals surface area contributed by atoms with Crippen LogP contribution in [-0.4, -0.2) is 182 Å². The zero-order valence-electron chi connectivity index (χ0n) is 17.8.